The van der Waals surface area contributed by atoms with Crippen molar-refractivity contribution in [3.8, 4) is 5.75 Å². The molecule has 4 heterocycles. The molecular formula is C21H24ClN3O4. The fourth-order valence-corrected chi connectivity index (χ4v) is 4.96. The fraction of sp³-hybridized carbons (Fsp3) is 0.524. The molecule has 2 aromatic rings. The van der Waals surface area contributed by atoms with E-state index in [1.54, 1.807) is 23.3 Å². The van der Waals surface area contributed by atoms with E-state index in [-0.39, 0.29) is 36.8 Å². The average Bonchev–Trinajstić information content (AvgIpc) is 3.29. The first-order chi connectivity index (χ1) is 14.1. The van der Waals surface area contributed by atoms with Crippen LogP contribution in [-0.2, 0) is 15.9 Å². The quantitative estimate of drug-likeness (QED) is 0.756. The van der Waals surface area contributed by atoms with E-state index in [2.05, 4.69) is 4.98 Å². The van der Waals surface area contributed by atoms with Crippen molar-refractivity contribution in [1.82, 2.24) is 14.5 Å². The monoisotopic (exact) mass is 417 g/mol. The fourth-order valence-electron chi connectivity index (χ4n) is 4.71. The van der Waals surface area contributed by atoms with E-state index < -0.39 is 0 Å². The molecule has 7 nitrogen and oxygen atoms in total. The Kier molecular flexibility index (Phi) is 4.97. The molecule has 3 aliphatic rings. The van der Waals surface area contributed by atoms with Crippen LogP contribution in [0.1, 0.15) is 38.2 Å². The first-order valence-corrected chi connectivity index (χ1v) is 10.5. The van der Waals surface area contributed by atoms with Gasteiger partial charge in [-0.15, -0.1) is 0 Å². The molecule has 3 fully saturated rings. The topological polar surface area (TPSA) is 65.8 Å². The number of amides is 1. The Balaban J connectivity index is 1.22. The maximum Gasteiger partial charge on any atom is 0.329 e. The summed E-state index contributed by atoms with van der Waals surface area (Å²) in [6.45, 7) is 1.88. The first kappa shape index (κ1) is 18.9. The minimum atomic E-state index is -0.194. The Morgan fingerprint density at radius 2 is 2.03 bits per heavy atom. The lowest BCUT2D eigenvalue weighted by Crippen LogP contribution is -2.50. The maximum absolute atomic E-state index is 12.8. The van der Waals surface area contributed by atoms with E-state index in [4.69, 9.17) is 25.8 Å². The second-order valence-corrected chi connectivity index (χ2v) is 8.40. The largest absolute Gasteiger partial charge is 0.489 e. The summed E-state index contributed by atoms with van der Waals surface area (Å²) in [5.41, 5.74) is 1.06. The van der Waals surface area contributed by atoms with Crippen LogP contribution < -0.4 is 4.74 Å². The van der Waals surface area contributed by atoms with Crippen molar-refractivity contribution in [2.75, 3.05) is 0 Å². The number of imidazole rings is 1. The zero-order valence-electron chi connectivity index (χ0n) is 16.2. The molecule has 5 rings (SSSR count). The lowest BCUT2D eigenvalue weighted by molar-refractivity contribution is -0.374. The standard InChI is InChI=1S/C21H24ClN3O4/c1-13-27-20(28-13)9-14-2-5-19(18(22)8-14)29-17-10-15-3-4-16(11-17)25(15)21(26)24-7-6-23-12-24/h2,5-8,12-13,15-17,20H,3-4,9-11H2,1H3/t13?,15-,16+,17?,20?. The summed E-state index contributed by atoms with van der Waals surface area (Å²) in [7, 11) is 0. The van der Waals surface area contributed by atoms with Gasteiger partial charge >= 0.3 is 6.03 Å². The number of halogens is 1. The van der Waals surface area contributed by atoms with E-state index in [0.29, 0.717) is 17.2 Å². The number of hydrogen-bond acceptors (Lipinski definition) is 5. The number of benzene rings is 1. The predicted octanol–water partition coefficient (Wildman–Crippen LogP) is 3.84. The molecule has 29 heavy (non-hydrogen) atoms. The van der Waals surface area contributed by atoms with Gasteiger partial charge in [-0.1, -0.05) is 17.7 Å². The van der Waals surface area contributed by atoms with Crippen LogP contribution in [0.15, 0.2) is 36.9 Å². The number of hydrogen-bond donors (Lipinski definition) is 0. The zero-order valence-corrected chi connectivity index (χ0v) is 17.0. The molecule has 1 aromatic heterocycles. The third-order valence-electron chi connectivity index (χ3n) is 6.02. The summed E-state index contributed by atoms with van der Waals surface area (Å²) in [4.78, 5) is 18.8. The number of carbonyl (C=O) groups excluding carboxylic acids is 1. The van der Waals surface area contributed by atoms with Gasteiger partial charge in [-0.2, -0.15) is 0 Å². The Bertz CT molecular complexity index is 870. The SMILES string of the molecule is CC1OC(Cc2ccc(OC3C[C@H]4CC[C@@H](C3)N4C(=O)n3ccnc3)c(Cl)c2)O1. The molecule has 0 spiro atoms. The predicted molar refractivity (Wildman–Crippen MR) is 106 cm³/mol. The molecule has 1 amide bonds. The molecule has 154 valence electrons. The second-order valence-electron chi connectivity index (χ2n) is 7.99. The highest BCUT2D eigenvalue weighted by molar-refractivity contribution is 6.32. The summed E-state index contributed by atoms with van der Waals surface area (Å²) in [5, 5.41) is 0.596. The molecule has 0 radical (unpaired) electrons. The maximum atomic E-state index is 12.8. The zero-order chi connectivity index (χ0) is 20.0. The number of aromatic nitrogens is 2. The lowest BCUT2D eigenvalue weighted by Gasteiger charge is -2.38. The minimum absolute atomic E-state index is 0.00517. The van der Waals surface area contributed by atoms with Crippen LogP contribution in [0.3, 0.4) is 0 Å². The number of piperidine rings is 1. The summed E-state index contributed by atoms with van der Waals surface area (Å²) in [6.07, 6.45) is 8.96. The highest BCUT2D eigenvalue weighted by Gasteiger charge is 2.44. The highest BCUT2D eigenvalue weighted by atomic mass is 35.5. The van der Waals surface area contributed by atoms with Gasteiger partial charge in [0, 0.05) is 43.7 Å². The molecular weight excluding hydrogens is 394 g/mol. The Morgan fingerprint density at radius 1 is 1.28 bits per heavy atom. The molecule has 0 saturated carbocycles. The van der Waals surface area contributed by atoms with Crippen molar-refractivity contribution < 1.29 is 19.0 Å². The van der Waals surface area contributed by atoms with Crippen molar-refractivity contribution in [2.24, 2.45) is 0 Å². The number of ether oxygens (including phenoxy) is 3. The van der Waals surface area contributed by atoms with Crippen molar-refractivity contribution in [2.45, 2.75) is 69.8 Å². The molecule has 2 bridgehead atoms. The smallest absolute Gasteiger partial charge is 0.329 e. The van der Waals surface area contributed by atoms with Gasteiger partial charge in [-0.05, 0) is 37.5 Å². The molecule has 1 unspecified atom stereocenters. The molecule has 0 aliphatic carbocycles. The molecule has 0 N–H and O–H groups in total. The summed E-state index contributed by atoms with van der Waals surface area (Å²) in [6, 6.07) is 6.24. The van der Waals surface area contributed by atoms with Crippen molar-refractivity contribution in [1.29, 1.82) is 0 Å². The molecule has 3 saturated heterocycles. The normalized spacial score (nSPS) is 30.8. The molecule has 3 atom stereocenters. The van der Waals surface area contributed by atoms with Crippen LogP contribution in [0.5, 0.6) is 5.75 Å². The van der Waals surface area contributed by atoms with Crippen molar-refractivity contribution in [3.63, 3.8) is 0 Å². The third-order valence-corrected chi connectivity index (χ3v) is 6.31. The van der Waals surface area contributed by atoms with E-state index in [0.717, 1.165) is 31.2 Å². The molecule has 1 aromatic carbocycles. The Hall–Kier alpha value is -2.09. The number of nitrogens with zero attached hydrogens (tertiary/aromatic N) is 3. The van der Waals surface area contributed by atoms with E-state index in [1.807, 2.05) is 30.0 Å². The van der Waals surface area contributed by atoms with Gasteiger partial charge in [0.05, 0.1) is 5.02 Å². The van der Waals surface area contributed by atoms with Crippen LogP contribution in [0.2, 0.25) is 5.02 Å². The lowest BCUT2D eigenvalue weighted by atomic mass is 10.00. The number of rotatable bonds is 4. The van der Waals surface area contributed by atoms with Crippen LogP contribution in [0.4, 0.5) is 4.79 Å². The van der Waals surface area contributed by atoms with Crippen LogP contribution in [-0.4, -0.2) is 51.2 Å². The number of carbonyl (C=O) groups is 1. The van der Waals surface area contributed by atoms with Crippen LogP contribution in [0.25, 0.3) is 0 Å². The van der Waals surface area contributed by atoms with E-state index in [1.165, 1.54) is 0 Å². The summed E-state index contributed by atoms with van der Waals surface area (Å²) >= 11 is 6.48. The van der Waals surface area contributed by atoms with Crippen molar-refractivity contribution in [3.05, 3.63) is 47.5 Å². The van der Waals surface area contributed by atoms with Crippen LogP contribution >= 0.6 is 11.6 Å². The molecule has 8 heteroatoms. The summed E-state index contributed by atoms with van der Waals surface area (Å²) < 4.78 is 18.8. The molecule has 3 aliphatic heterocycles. The average molecular weight is 418 g/mol. The van der Waals surface area contributed by atoms with Crippen molar-refractivity contribution >= 4 is 17.6 Å². The number of fused-ring (bicyclic) bond motifs is 2. The highest BCUT2D eigenvalue weighted by Crippen LogP contribution is 2.39. The van der Waals surface area contributed by atoms with Gasteiger partial charge in [0.2, 0.25) is 0 Å². The summed E-state index contributed by atoms with van der Waals surface area (Å²) in [5.74, 6) is 0.693. The van der Waals surface area contributed by atoms with E-state index >= 15 is 0 Å². The first-order valence-electron chi connectivity index (χ1n) is 10.1. The van der Waals surface area contributed by atoms with Gasteiger partial charge in [0.25, 0.3) is 0 Å². The van der Waals surface area contributed by atoms with Gasteiger partial charge in [-0.25, -0.2) is 9.78 Å². The minimum Gasteiger partial charge on any atom is -0.489 e. The van der Waals surface area contributed by atoms with Gasteiger partial charge in [0.1, 0.15) is 18.2 Å². The van der Waals surface area contributed by atoms with E-state index in [9.17, 15) is 4.79 Å². The van der Waals surface area contributed by atoms with Gasteiger partial charge < -0.3 is 19.1 Å². The van der Waals surface area contributed by atoms with Gasteiger partial charge in [0.15, 0.2) is 12.6 Å². The Labute approximate surface area is 174 Å². The Morgan fingerprint density at radius 3 is 2.66 bits per heavy atom. The third kappa shape index (κ3) is 3.74. The van der Waals surface area contributed by atoms with Crippen LogP contribution in [0, 0.1) is 0 Å². The van der Waals surface area contributed by atoms with Gasteiger partial charge in [-0.3, -0.25) is 4.57 Å². The second kappa shape index (κ2) is 7.63.